The van der Waals surface area contributed by atoms with Crippen LogP contribution >= 0.6 is 0 Å². The number of ether oxygens (including phenoxy) is 1. The van der Waals surface area contributed by atoms with E-state index in [4.69, 9.17) is 9.84 Å². The number of benzene rings is 1. The highest BCUT2D eigenvalue weighted by Gasteiger charge is 2.15. The molecule has 0 heterocycles. The fraction of sp³-hybridized carbons (Fsp3) is 0.500. The Morgan fingerprint density at radius 3 is 2.50 bits per heavy atom. The Kier molecular flexibility index (Phi) is 6.38. The second-order valence-corrected chi connectivity index (χ2v) is 4.59. The maximum atomic E-state index is 13.5. The van der Waals surface area contributed by atoms with Gasteiger partial charge in [0.1, 0.15) is 0 Å². The van der Waals surface area contributed by atoms with Gasteiger partial charge in [-0.2, -0.15) is 0 Å². The third-order valence-corrected chi connectivity index (χ3v) is 2.72. The van der Waals surface area contributed by atoms with Crippen molar-refractivity contribution in [1.82, 2.24) is 5.32 Å². The molecule has 0 fully saturated rings. The molecule has 0 saturated carbocycles. The maximum Gasteiger partial charge on any atom is 0.258 e. The Labute approximate surface area is 116 Å². The lowest BCUT2D eigenvalue weighted by Gasteiger charge is -2.14. The van der Waals surface area contributed by atoms with Gasteiger partial charge < -0.3 is 15.2 Å². The standard InChI is InChI=1S/C14H19F2NO3/c1-3-4-9(2)17-13(19)8-20-14-11(15)5-10(7-18)6-12(14)16/h5-6,9,18H,3-4,7-8H2,1-2H3,(H,17,19). The predicted molar refractivity (Wildman–Crippen MR) is 70.3 cm³/mol. The van der Waals surface area contributed by atoms with E-state index in [-0.39, 0.29) is 11.6 Å². The summed E-state index contributed by atoms with van der Waals surface area (Å²) in [6.45, 7) is 2.91. The van der Waals surface area contributed by atoms with Gasteiger partial charge in [-0.1, -0.05) is 13.3 Å². The zero-order chi connectivity index (χ0) is 15.1. The summed E-state index contributed by atoms with van der Waals surface area (Å²) in [5.41, 5.74) is 0.105. The van der Waals surface area contributed by atoms with Crippen molar-refractivity contribution in [2.24, 2.45) is 0 Å². The van der Waals surface area contributed by atoms with Crippen molar-refractivity contribution in [3.8, 4) is 5.75 Å². The molecule has 0 bridgehead atoms. The van der Waals surface area contributed by atoms with Gasteiger partial charge in [-0.05, 0) is 31.0 Å². The van der Waals surface area contributed by atoms with Gasteiger partial charge >= 0.3 is 0 Å². The largest absolute Gasteiger partial charge is 0.478 e. The highest BCUT2D eigenvalue weighted by atomic mass is 19.1. The van der Waals surface area contributed by atoms with Crippen LogP contribution in [0.5, 0.6) is 5.75 Å². The number of hydrogen-bond donors (Lipinski definition) is 2. The number of halogens is 2. The van der Waals surface area contributed by atoms with Crippen molar-refractivity contribution in [1.29, 1.82) is 0 Å². The molecule has 0 saturated heterocycles. The van der Waals surface area contributed by atoms with E-state index in [0.29, 0.717) is 0 Å². The minimum Gasteiger partial charge on any atom is -0.478 e. The number of amides is 1. The van der Waals surface area contributed by atoms with Crippen molar-refractivity contribution in [3.05, 3.63) is 29.3 Å². The summed E-state index contributed by atoms with van der Waals surface area (Å²) in [6.07, 6.45) is 1.74. The average Bonchev–Trinajstić information content (AvgIpc) is 2.37. The summed E-state index contributed by atoms with van der Waals surface area (Å²) >= 11 is 0. The van der Waals surface area contributed by atoms with E-state index in [0.717, 1.165) is 25.0 Å². The first-order chi connectivity index (χ1) is 9.47. The summed E-state index contributed by atoms with van der Waals surface area (Å²) in [5.74, 6) is -2.93. The van der Waals surface area contributed by atoms with Gasteiger partial charge in [0.15, 0.2) is 24.0 Å². The lowest BCUT2D eigenvalue weighted by atomic mass is 10.2. The van der Waals surface area contributed by atoms with Crippen LogP contribution in [0.15, 0.2) is 12.1 Å². The van der Waals surface area contributed by atoms with Crippen molar-refractivity contribution in [3.63, 3.8) is 0 Å². The molecule has 4 nitrogen and oxygen atoms in total. The highest BCUT2D eigenvalue weighted by Crippen LogP contribution is 2.23. The van der Waals surface area contributed by atoms with Crippen LogP contribution in [-0.4, -0.2) is 23.7 Å². The third-order valence-electron chi connectivity index (χ3n) is 2.72. The van der Waals surface area contributed by atoms with Crippen LogP contribution < -0.4 is 10.1 Å². The molecular formula is C14H19F2NO3. The van der Waals surface area contributed by atoms with E-state index in [1.165, 1.54) is 0 Å². The molecule has 6 heteroatoms. The molecule has 1 aromatic carbocycles. The topological polar surface area (TPSA) is 58.6 Å². The Morgan fingerprint density at radius 1 is 1.40 bits per heavy atom. The maximum absolute atomic E-state index is 13.5. The number of rotatable bonds is 7. The van der Waals surface area contributed by atoms with Gasteiger partial charge in [-0.25, -0.2) is 8.78 Å². The van der Waals surface area contributed by atoms with Gasteiger partial charge in [0, 0.05) is 6.04 Å². The molecule has 1 unspecified atom stereocenters. The Balaban J connectivity index is 2.59. The lowest BCUT2D eigenvalue weighted by Crippen LogP contribution is -2.36. The fourth-order valence-corrected chi connectivity index (χ4v) is 1.80. The molecule has 1 aromatic rings. The van der Waals surface area contributed by atoms with Crippen LogP contribution in [0.3, 0.4) is 0 Å². The zero-order valence-electron chi connectivity index (χ0n) is 11.6. The molecule has 0 aliphatic carbocycles. The average molecular weight is 287 g/mol. The number of nitrogens with one attached hydrogen (secondary N) is 1. The van der Waals surface area contributed by atoms with E-state index in [1.54, 1.807) is 0 Å². The number of aliphatic hydroxyl groups is 1. The van der Waals surface area contributed by atoms with Crippen LogP contribution in [0.25, 0.3) is 0 Å². The van der Waals surface area contributed by atoms with Crippen LogP contribution in [-0.2, 0) is 11.4 Å². The molecule has 112 valence electrons. The lowest BCUT2D eigenvalue weighted by molar-refractivity contribution is -0.123. The normalized spacial score (nSPS) is 12.1. The van der Waals surface area contributed by atoms with Gasteiger partial charge in [0.25, 0.3) is 5.91 Å². The van der Waals surface area contributed by atoms with E-state index in [2.05, 4.69) is 5.32 Å². The molecule has 1 atom stereocenters. The first-order valence-corrected chi connectivity index (χ1v) is 6.48. The van der Waals surface area contributed by atoms with Crippen LogP contribution in [0.2, 0.25) is 0 Å². The van der Waals surface area contributed by atoms with Crippen LogP contribution in [0.1, 0.15) is 32.3 Å². The van der Waals surface area contributed by atoms with E-state index >= 15 is 0 Å². The summed E-state index contributed by atoms with van der Waals surface area (Å²) in [5, 5.41) is 11.5. The van der Waals surface area contributed by atoms with E-state index in [9.17, 15) is 13.6 Å². The molecular weight excluding hydrogens is 268 g/mol. The highest BCUT2D eigenvalue weighted by molar-refractivity contribution is 5.77. The summed E-state index contributed by atoms with van der Waals surface area (Å²) in [6, 6.07) is 1.93. The molecule has 0 radical (unpaired) electrons. The Hall–Kier alpha value is -1.69. The number of carbonyl (C=O) groups is 1. The number of aliphatic hydroxyl groups excluding tert-OH is 1. The molecule has 0 aliphatic rings. The van der Waals surface area contributed by atoms with E-state index in [1.807, 2.05) is 13.8 Å². The predicted octanol–water partition coefficient (Wildman–Crippen LogP) is 2.14. The molecule has 2 N–H and O–H groups in total. The van der Waals surface area contributed by atoms with Gasteiger partial charge in [-0.15, -0.1) is 0 Å². The quantitative estimate of drug-likeness (QED) is 0.808. The van der Waals surface area contributed by atoms with Crippen molar-refractivity contribution < 1.29 is 23.4 Å². The molecule has 0 aromatic heterocycles. The van der Waals surface area contributed by atoms with Gasteiger partial charge in [0.2, 0.25) is 0 Å². The second kappa shape index (κ2) is 7.79. The van der Waals surface area contributed by atoms with Crippen molar-refractivity contribution in [2.75, 3.05) is 6.61 Å². The summed E-state index contributed by atoms with van der Waals surface area (Å²) in [7, 11) is 0. The Morgan fingerprint density at radius 2 is 2.00 bits per heavy atom. The SMILES string of the molecule is CCCC(C)NC(=O)COc1c(F)cc(CO)cc1F. The van der Waals surface area contributed by atoms with Gasteiger partial charge in [-0.3, -0.25) is 4.79 Å². The molecule has 20 heavy (non-hydrogen) atoms. The minimum absolute atomic E-state index is 0.0115. The molecule has 1 amide bonds. The Bertz CT molecular complexity index is 443. The van der Waals surface area contributed by atoms with Crippen LogP contribution in [0.4, 0.5) is 8.78 Å². The second-order valence-electron chi connectivity index (χ2n) is 4.59. The molecule has 0 aliphatic heterocycles. The molecule has 0 spiro atoms. The first kappa shape index (κ1) is 16.4. The van der Waals surface area contributed by atoms with Gasteiger partial charge in [0.05, 0.1) is 6.61 Å². The minimum atomic E-state index is -0.941. The van der Waals surface area contributed by atoms with Crippen LogP contribution in [0, 0.1) is 11.6 Å². The summed E-state index contributed by atoms with van der Waals surface area (Å²) in [4.78, 5) is 11.5. The third kappa shape index (κ3) is 4.77. The first-order valence-electron chi connectivity index (χ1n) is 6.48. The van der Waals surface area contributed by atoms with E-state index < -0.39 is 36.5 Å². The smallest absolute Gasteiger partial charge is 0.258 e. The van der Waals surface area contributed by atoms with Crippen molar-refractivity contribution >= 4 is 5.91 Å². The molecule has 1 rings (SSSR count). The number of hydrogen-bond acceptors (Lipinski definition) is 3. The van der Waals surface area contributed by atoms with Crippen molar-refractivity contribution in [2.45, 2.75) is 39.3 Å². The summed E-state index contributed by atoms with van der Waals surface area (Å²) < 4.78 is 31.9. The fourth-order valence-electron chi connectivity index (χ4n) is 1.80. The monoisotopic (exact) mass is 287 g/mol. The zero-order valence-corrected chi connectivity index (χ0v) is 11.6. The number of carbonyl (C=O) groups excluding carboxylic acids is 1.